The van der Waals surface area contributed by atoms with E-state index < -0.39 is 27.9 Å². The molecule has 0 radical (unpaired) electrons. The van der Waals surface area contributed by atoms with Gasteiger partial charge >= 0.3 is 0 Å². The summed E-state index contributed by atoms with van der Waals surface area (Å²) in [5.74, 6) is 0.686. The Balaban J connectivity index is 1.42. The summed E-state index contributed by atoms with van der Waals surface area (Å²) < 4.78 is 29.9. The average Bonchev–Trinajstić information content (AvgIpc) is 3.51. The molecule has 1 aromatic heterocycles. The fraction of sp³-hybridized carbons (Fsp3) is 0.536. The van der Waals surface area contributed by atoms with Crippen molar-refractivity contribution in [2.24, 2.45) is 11.8 Å². The summed E-state index contributed by atoms with van der Waals surface area (Å²) in [5, 5.41) is 17.1. The molecule has 2 saturated carbocycles. The Bertz CT molecular complexity index is 1240. The van der Waals surface area contributed by atoms with Crippen molar-refractivity contribution in [1.82, 2.24) is 15.6 Å². The standard InChI is InChI=1S/C28H37N3O6S/c1-37-24-16-29-17-25(38(2,35)36)27(24)28(34)31-22(14-18-7-4-3-5-8-18)23(32)9-6-10-26(33)30-21-15-19-11-12-20(21)13-19/h3-5,7-8,16-17,19-23,32H,6,9-15H2,1-2H3,(H,30,33)(H,31,34)/t19?,20?,21?,22-,23-/m0/s1. The highest BCUT2D eigenvalue weighted by Crippen LogP contribution is 2.44. The molecule has 1 aromatic carbocycles. The van der Waals surface area contributed by atoms with Crippen LogP contribution in [0, 0.1) is 11.8 Å². The molecule has 2 fully saturated rings. The first-order chi connectivity index (χ1) is 18.2. The second-order valence-electron chi connectivity index (χ2n) is 10.6. The zero-order chi connectivity index (χ0) is 27.3. The molecule has 9 nitrogen and oxygen atoms in total. The number of nitrogens with one attached hydrogen (secondary N) is 2. The quantitative estimate of drug-likeness (QED) is 0.375. The van der Waals surface area contributed by atoms with Crippen LogP contribution in [0.3, 0.4) is 0 Å². The SMILES string of the molecule is COc1cncc(S(C)(=O)=O)c1C(=O)N[C@@H](Cc1ccccc1)[C@@H](O)CCCC(=O)NC1CC2CCC1C2. The third-order valence-corrected chi connectivity index (χ3v) is 8.90. The van der Waals surface area contributed by atoms with E-state index in [0.717, 1.165) is 30.4 Å². The molecule has 1 heterocycles. The Morgan fingerprint density at radius 2 is 1.92 bits per heavy atom. The number of ether oxygens (including phenoxy) is 1. The Kier molecular flexibility index (Phi) is 9.04. The number of aliphatic hydroxyl groups is 1. The molecule has 0 saturated heterocycles. The molecule has 206 valence electrons. The van der Waals surface area contributed by atoms with Gasteiger partial charge in [-0.2, -0.15) is 0 Å². The molecular weight excluding hydrogens is 506 g/mol. The van der Waals surface area contributed by atoms with Crippen LogP contribution in [0.5, 0.6) is 5.75 Å². The number of methoxy groups -OCH3 is 1. The number of hydrogen-bond acceptors (Lipinski definition) is 7. The Morgan fingerprint density at radius 3 is 2.55 bits per heavy atom. The molecular formula is C28H37N3O6S. The number of nitrogens with zero attached hydrogens (tertiary/aromatic N) is 1. The van der Waals surface area contributed by atoms with Crippen molar-refractivity contribution in [2.75, 3.05) is 13.4 Å². The topological polar surface area (TPSA) is 135 Å². The summed E-state index contributed by atoms with van der Waals surface area (Å²) in [4.78, 5) is 29.6. The van der Waals surface area contributed by atoms with Crippen molar-refractivity contribution in [2.45, 2.75) is 74.4 Å². The molecule has 2 bridgehead atoms. The summed E-state index contributed by atoms with van der Waals surface area (Å²) in [6, 6.07) is 8.96. The fourth-order valence-electron chi connectivity index (χ4n) is 5.85. The van der Waals surface area contributed by atoms with E-state index in [2.05, 4.69) is 15.6 Å². The largest absolute Gasteiger partial charge is 0.494 e. The van der Waals surface area contributed by atoms with Crippen LogP contribution in [0.4, 0.5) is 0 Å². The van der Waals surface area contributed by atoms with Gasteiger partial charge in [0.15, 0.2) is 15.6 Å². The number of pyridine rings is 1. The number of rotatable bonds is 12. The van der Waals surface area contributed by atoms with E-state index >= 15 is 0 Å². The van der Waals surface area contributed by atoms with Gasteiger partial charge in [-0.3, -0.25) is 14.6 Å². The van der Waals surface area contributed by atoms with E-state index in [9.17, 15) is 23.1 Å². The maximum absolute atomic E-state index is 13.4. The first-order valence-corrected chi connectivity index (χ1v) is 15.1. The van der Waals surface area contributed by atoms with E-state index in [1.54, 1.807) is 0 Å². The average molecular weight is 544 g/mol. The maximum atomic E-state index is 13.4. The van der Waals surface area contributed by atoms with Crippen LogP contribution in [0.1, 0.15) is 60.9 Å². The zero-order valence-electron chi connectivity index (χ0n) is 21.9. The van der Waals surface area contributed by atoms with Crippen molar-refractivity contribution < 1.29 is 27.9 Å². The second-order valence-corrected chi connectivity index (χ2v) is 12.5. The van der Waals surface area contributed by atoms with Gasteiger partial charge in [-0.15, -0.1) is 0 Å². The third-order valence-electron chi connectivity index (χ3n) is 7.79. The number of aromatic nitrogens is 1. The number of aliphatic hydroxyl groups excluding tert-OH is 1. The van der Waals surface area contributed by atoms with Crippen LogP contribution in [0.15, 0.2) is 47.6 Å². The highest BCUT2D eigenvalue weighted by atomic mass is 32.2. The van der Waals surface area contributed by atoms with Crippen LogP contribution < -0.4 is 15.4 Å². The maximum Gasteiger partial charge on any atom is 0.256 e. The summed E-state index contributed by atoms with van der Waals surface area (Å²) >= 11 is 0. The summed E-state index contributed by atoms with van der Waals surface area (Å²) in [5.41, 5.74) is 0.747. The molecule has 3 N–H and O–H groups in total. The van der Waals surface area contributed by atoms with Gasteiger partial charge in [-0.25, -0.2) is 8.42 Å². The van der Waals surface area contributed by atoms with Crippen LogP contribution >= 0.6 is 0 Å². The molecule has 0 spiro atoms. The van der Waals surface area contributed by atoms with Crippen LogP contribution in [0.25, 0.3) is 0 Å². The molecule has 2 aliphatic rings. The minimum atomic E-state index is -3.77. The van der Waals surface area contributed by atoms with E-state index in [0.29, 0.717) is 31.6 Å². The van der Waals surface area contributed by atoms with Crippen LogP contribution in [-0.4, -0.2) is 61.9 Å². The van der Waals surface area contributed by atoms with Crippen molar-refractivity contribution in [1.29, 1.82) is 0 Å². The lowest BCUT2D eigenvalue weighted by atomic mass is 9.95. The van der Waals surface area contributed by atoms with Crippen molar-refractivity contribution in [3.05, 3.63) is 53.9 Å². The molecule has 2 aromatic rings. The fourth-order valence-corrected chi connectivity index (χ4v) is 6.66. The van der Waals surface area contributed by atoms with Gasteiger partial charge in [0.2, 0.25) is 5.91 Å². The van der Waals surface area contributed by atoms with Gasteiger partial charge in [-0.05, 0) is 55.9 Å². The molecule has 2 aliphatic carbocycles. The predicted molar refractivity (Wildman–Crippen MR) is 143 cm³/mol. The van der Waals surface area contributed by atoms with Gasteiger partial charge in [-0.1, -0.05) is 36.8 Å². The first kappa shape index (κ1) is 28.0. The van der Waals surface area contributed by atoms with E-state index in [1.165, 1.54) is 32.6 Å². The minimum absolute atomic E-state index is 0.00212. The van der Waals surface area contributed by atoms with E-state index in [-0.39, 0.29) is 28.2 Å². The Hall–Kier alpha value is -2.98. The lowest BCUT2D eigenvalue weighted by Crippen LogP contribution is -2.45. The molecule has 2 amide bonds. The number of amides is 2. The van der Waals surface area contributed by atoms with E-state index in [4.69, 9.17) is 4.74 Å². The van der Waals surface area contributed by atoms with Crippen molar-refractivity contribution in [3.63, 3.8) is 0 Å². The highest BCUT2D eigenvalue weighted by Gasteiger charge is 2.40. The monoisotopic (exact) mass is 543 g/mol. The lowest BCUT2D eigenvalue weighted by molar-refractivity contribution is -0.122. The van der Waals surface area contributed by atoms with Gasteiger partial charge in [0.1, 0.15) is 10.5 Å². The van der Waals surface area contributed by atoms with Crippen LogP contribution in [-0.2, 0) is 21.1 Å². The lowest BCUT2D eigenvalue weighted by Gasteiger charge is -2.26. The summed E-state index contributed by atoms with van der Waals surface area (Å²) in [7, 11) is -2.44. The Labute approximate surface area is 224 Å². The van der Waals surface area contributed by atoms with Gasteiger partial charge < -0.3 is 20.5 Å². The molecule has 38 heavy (non-hydrogen) atoms. The van der Waals surface area contributed by atoms with Crippen LogP contribution in [0.2, 0.25) is 0 Å². The number of carbonyl (C=O) groups is 2. The van der Waals surface area contributed by atoms with Crippen molar-refractivity contribution >= 4 is 21.7 Å². The van der Waals surface area contributed by atoms with E-state index in [1.807, 2.05) is 30.3 Å². The molecule has 10 heteroatoms. The Morgan fingerprint density at radius 1 is 1.16 bits per heavy atom. The molecule has 5 atom stereocenters. The zero-order valence-corrected chi connectivity index (χ0v) is 22.7. The highest BCUT2D eigenvalue weighted by molar-refractivity contribution is 7.90. The number of hydrogen-bond donors (Lipinski definition) is 3. The second kappa shape index (κ2) is 12.3. The molecule has 0 aliphatic heterocycles. The number of benzene rings is 1. The summed E-state index contributed by atoms with van der Waals surface area (Å²) in [6.45, 7) is 0. The minimum Gasteiger partial charge on any atom is -0.494 e. The normalized spacial score (nSPS) is 22.0. The summed E-state index contributed by atoms with van der Waals surface area (Å²) in [6.07, 6.45) is 8.57. The van der Waals surface area contributed by atoms with Gasteiger partial charge in [0.25, 0.3) is 5.91 Å². The van der Waals surface area contributed by atoms with Gasteiger partial charge in [0, 0.05) is 24.9 Å². The number of sulfone groups is 1. The molecule has 3 unspecified atom stereocenters. The van der Waals surface area contributed by atoms with Gasteiger partial charge in [0.05, 0.1) is 25.5 Å². The first-order valence-electron chi connectivity index (χ1n) is 13.2. The van der Waals surface area contributed by atoms with Crippen molar-refractivity contribution in [3.8, 4) is 5.75 Å². The molecule has 4 rings (SSSR count). The third kappa shape index (κ3) is 6.91. The smallest absolute Gasteiger partial charge is 0.256 e. The number of fused-ring (bicyclic) bond motifs is 2. The number of carbonyl (C=O) groups excluding carboxylic acids is 2. The predicted octanol–water partition coefficient (Wildman–Crippen LogP) is 2.67.